The molecule has 2 aliphatic rings. The van der Waals surface area contributed by atoms with E-state index in [1.165, 1.54) is 0 Å². The quantitative estimate of drug-likeness (QED) is 0.796. The van der Waals surface area contributed by atoms with Gasteiger partial charge in [0.25, 0.3) is 5.91 Å². The van der Waals surface area contributed by atoms with E-state index in [1.54, 1.807) is 6.20 Å². The van der Waals surface area contributed by atoms with Crippen LogP contribution in [0.5, 0.6) is 0 Å². The lowest BCUT2D eigenvalue weighted by molar-refractivity contribution is 0.0491. The maximum atomic E-state index is 13.4. The fourth-order valence-electron chi connectivity index (χ4n) is 4.91. The van der Waals surface area contributed by atoms with Gasteiger partial charge in [-0.2, -0.15) is 0 Å². The minimum absolute atomic E-state index is 0.0543. The van der Waals surface area contributed by atoms with Crippen LogP contribution in [-0.4, -0.2) is 46.6 Å². The molecule has 2 aromatic rings. The van der Waals surface area contributed by atoms with Crippen LogP contribution in [0.2, 0.25) is 0 Å². The molecule has 2 fully saturated rings. The number of hydrogen-bond acceptors (Lipinski definition) is 4. The van der Waals surface area contributed by atoms with Gasteiger partial charge in [0.2, 0.25) is 0 Å². The third kappa shape index (κ3) is 4.58. The lowest BCUT2D eigenvalue weighted by Crippen LogP contribution is -2.42. The van der Waals surface area contributed by atoms with E-state index in [9.17, 15) is 9.59 Å². The molecule has 1 aromatic carbocycles. The average molecular weight is 422 g/mol. The molecule has 1 aliphatic carbocycles. The zero-order valence-electron chi connectivity index (χ0n) is 18.7. The second-order valence-electron chi connectivity index (χ2n) is 9.66. The minimum Gasteiger partial charge on any atom is -0.444 e. The molecule has 0 radical (unpaired) electrons. The van der Waals surface area contributed by atoms with Gasteiger partial charge in [0, 0.05) is 42.4 Å². The van der Waals surface area contributed by atoms with Crippen molar-refractivity contribution >= 4 is 12.0 Å². The molecule has 31 heavy (non-hydrogen) atoms. The Morgan fingerprint density at radius 3 is 2.61 bits per heavy atom. The van der Waals surface area contributed by atoms with Gasteiger partial charge in [-0.3, -0.25) is 9.78 Å². The molecule has 0 bridgehead atoms. The topological polar surface area (TPSA) is 71.5 Å². The molecule has 6 nitrogen and oxygen atoms in total. The number of amides is 2. The van der Waals surface area contributed by atoms with Crippen molar-refractivity contribution in [1.29, 1.82) is 0 Å². The Kier molecular flexibility index (Phi) is 5.73. The van der Waals surface area contributed by atoms with Crippen LogP contribution in [0.1, 0.15) is 49.5 Å². The van der Waals surface area contributed by atoms with Gasteiger partial charge in [0.05, 0.1) is 5.69 Å². The zero-order chi connectivity index (χ0) is 22.2. The van der Waals surface area contributed by atoms with Crippen molar-refractivity contribution in [2.24, 2.45) is 11.8 Å². The molecule has 0 spiro atoms. The Hall–Kier alpha value is -2.89. The number of fused-ring (bicyclic) bond motifs is 1. The number of nitrogens with zero attached hydrogens (tertiary/aromatic N) is 2. The van der Waals surface area contributed by atoms with Gasteiger partial charge in [-0.25, -0.2) is 4.79 Å². The van der Waals surface area contributed by atoms with E-state index in [2.05, 4.69) is 10.3 Å². The average Bonchev–Trinajstić information content (AvgIpc) is 3.29. The van der Waals surface area contributed by atoms with Gasteiger partial charge in [0.1, 0.15) is 5.60 Å². The summed E-state index contributed by atoms with van der Waals surface area (Å²) < 4.78 is 5.43. The summed E-state index contributed by atoms with van der Waals surface area (Å²) in [5.74, 6) is 0.750. The van der Waals surface area contributed by atoms with Gasteiger partial charge in [-0.15, -0.1) is 0 Å². The third-order valence-corrected chi connectivity index (χ3v) is 6.35. The van der Waals surface area contributed by atoms with E-state index in [1.807, 2.05) is 69.0 Å². The summed E-state index contributed by atoms with van der Waals surface area (Å²) in [5, 5.41) is 3.04. The first kappa shape index (κ1) is 21.3. The standard InChI is InChI=1S/C25H31N3O3/c1-16-18(21-10-5-6-13-26-21)8-7-9-19(16)23(29)28-14-17-11-12-22(20(17)15-28)27-24(30)31-25(2,3)4/h5-10,13,17,20,22H,11-12,14-15H2,1-4H3,(H,27,30)/t17-,20+,22+/m0/s1. The van der Waals surface area contributed by atoms with Crippen molar-refractivity contribution in [1.82, 2.24) is 15.2 Å². The van der Waals surface area contributed by atoms with E-state index in [0.717, 1.165) is 41.8 Å². The first-order chi connectivity index (χ1) is 14.7. The first-order valence-corrected chi connectivity index (χ1v) is 11.0. The number of alkyl carbamates (subject to hydrolysis) is 1. The number of carbonyl (C=O) groups is 2. The van der Waals surface area contributed by atoms with E-state index < -0.39 is 5.60 Å². The molecular weight excluding hydrogens is 390 g/mol. The number of ether oxygens (including phenoxy) is 1. The van der Waals surface area contributed by atoms with Gasteiger partial charge >= 0.3 is 6.09 Å². The number of hydrogen-bond donors (Lipinski definition) is 1. The molecule has 1 saturated carbocycles. The molecule has 6 heteroatoms. The van der Waals surface area contributed by atoms with Crippen LogP contribution in [0.3, 0.4) is 0 Å². The number of pyridine rings is 1. The summed E-state index contributed by atoms with van der Waals surface area (Å²) in [5.41, 5.74) is 3.01. The van der Waals surface area contributed by atoms with Gasteiger partial charge in [0.15, 0.2) is 0 Å². The Bertz CT molecular complexity index is 968. The summed E-state index contributed by atoms with van der Waals surface area (Å²) in [6, 6.07) is 11.7. The van der Waals surface area contributed by atoms with Crippen LogP contribution in [0, 0.1) is 18.8 Å². The normalized spacial score (nSPS) is 22.8. The lowest BCUT2D eigenvalue weighted by Gasteiger charge is -2.25. The second kappa shape index (κ2) is 8.33. The third-order valence-electron chi connectivity index (χ3n) is 6.35. The summed E-state index contributed by atoms with van der Waals surface area (Å²) in [7, 11) is 0. The molecule has 2 heterocycles. The monoisotopic (exact) mass is 421 g/mol. The number of rotatable bonds is 3. The van der Waals surface area contributed by atoms with Crippen molar-refractivity contribution in [3.63, 3.8) is 0 Å². The number of benzene rings is 1. The molecule has 3 atom stereocenters. The number of carbonyl (C=O) groups excluding carboxylic acids is 2. The Balaban J connectivity index is 1.46. The highest BCUT2D eigenvalue weighted by molar-refractivity contribution is 5.97. The molecule has 4 rings (SSSR count). The highest BCUT2D eigenvalue weighted by Crippen LogP contribution is 2.39. The van der Waals surface area contributed by atoms with Crippen molar-refractivity contribution in [3.8, 4) is 11.3 Å². The molecule has 1 N–H and O–H groups in total. The van der Waals surface area contributed by atoms with E-state index >= 15 is 0 Å². The van der Waals surface area contributed by atoms with Crippen LogP contribution in [0.15, 0.2) is 42.6 Å². The van der Waals surface area contributed by atoms with Crippen molar-refractivity contribution < 1.29 is 14.3 Å². The summed E-state index contributed by atoms with van der Waals surface area (Å²) in [4.78, 5) is 32.0. The number of likely N-dealkylation sites (tertiary alicyclic amines) is 1. The van der Waals surface area contributed by atoms with Crippen LogP contribution in [0.25, 0.3) is 11.3 Å². The Morgan fingerprint density at radius 1 is 1.10 bits per heavy atom. The van der Waals surface area contributed by atoms with E-state index in [0.29, 0.717) is 12.5 Å². The molecule has 1 aliphatic heterocycles. The van der Waals surface area contributed by atoms with E-state index in [4.69, 9.17) is 4.74 Å². The van der Waals surface area contributed by atoms with E-state index in [-0.39, 0.29) is 24.0 Å². The molecule has 164 valence electrons. The van der Waals surface area contributed by atoms with Gasteiger partial charge in [-0.1, -0.05) is 18.2 Å². The summed E-state index contributed by atoms with van der Waals surface area (Å²) in [6.07, 6.45) is 3.34. The van der Waals surface area contributed by atoms with Crippen LogP contribution >= 0.6 is 0 Å². The second-order valence-corrected chi connectivity index (χ2v) is 9.66. The largest absolute Gasteiger partial charge is 0.444 e. The SMILES string of the molecule is Cc1c(C(=O)N2C[C@@H]3CC[C@@H](NC(=O)OC(C)(C)C)[C@@H]3C2)cccc1-c1ccccn1. The molecule has 1 aromatic heterocycles. The molecule has 0 unspecified atom stereocenters. The number of aromatic nitrogens is 1. The van der Waals surface area contributed by atoms with Gasteiger partial charge < -0.3 is 15.0 Å². The van der Waals surface area contributed by atoms with Crippen molar-refractivity contribution in [3.05, 3.63) is 53.7 Å². The zero-order valence-corrected chi connectivity index (χ0v) is 18.7. The van der Waals surface area contributed by atoms with Gasteiger partial charge in [-0.05, 0) is 70.2 Å². The predicted octanol–water partition coefficient (Wildman–Crippen LogP) is 4.43. The van der Waals surface area contributed by atoms with Crippen molar-refractivity contribution in [2.75, 3.05) is 13.1 Å². The molecule has 1 saturated heterocycles. The number of nitrogens with one attached hydrogen (secondary N) is 1. The maximum Gasteiger partial charge on any atom is 0.407 e. The first-order valence-electron chi connectivity index (χ1n) is 11.0. The summed E-state index contributed by atoms with van der Waals surface area (Å²) in [6.45, 7) is 8.98. The Labute approximate surface area is 184 Å². The lowest BCUT2D eigenvalue weighted by atomic mass is 9.98. The molecular formula is C25H31N3O3. The van der Waals surface area contributed by atoms with Crippen LogP contribution < -0.4 is 5.32 Å². The molecule has 2 amide bonds. The van der Waals surface area contributed by atoms with Crippen LogP contribution in [0.4, 0.5) is 4.79 Å². The van der Waals surface area contributed by atoms with Crippen LogP contribution in [-0.2, 0) is 4.74 Å². The highest BCUT2D eigenvalue weighted by Gasteiger charge is 2.45. The Morgan fingerprint density at radius 2 is 1.90 bits per heavy atom. The predicted molar refractivity (Wildman–Crippen MR) is 120 cm³/mol. The fourth-order valence-corrected chi connectivity index (χ4v) is 4.91. The van der Waals surface area contributed by atoms with Crippen molar-refractivity contribution in [2.45, 2.75) is 52.2 Å². The summed E-state index contributed by atoms with van der Waals surface area (Å²) >= 11 is 0. The fraction of sp³-hybridized carbons (Fsp3) is 0.480. The minimum atomic E-state index is -0.518. The highest BCUT2D eigenvalue weighted by atomic mass is 16.6. The smallest absolute Gasteiger partial charge is 0.407 e. The maximum absolute atomic E-state index is 13.4.